The van der Waals surface area contributed by atoms with Gasteiger partial charge >= 0.3 is 0 Å². The minimum absolute atomic E-state index is 0.337. The zero-order chi connectivity index (χ0) is 9.26. The van der Waals surface area contributed by atoms with Crippen molar-refractivity contribution in [2.45, 2.75) is 31.9 Å². The number of ether oxygens (including phenoxy) is 1. The third-order valence-electron chi connectivity index (χ3n) is 2.45. The van der Waals surface area contributed by atoms with E-state index in [0.717, 1.165) is 25.1 Å². The van der Waals surface area contributed by atoms with Gasteiger partial charge in [-0.25, -0.2) is 0 Å². The summed E-state index contributed by atoms with van der Waals surface area (Å²) >= 11 is 0. The summed E-state index contributed by atoms with van der Waals surface area (Å²) in [4.78, 5) is 0. The van der Waals surface area contributed by atoms with E-state index in [1.807, 2.05) is 10.9 Å². The van der Waals surface area contributed by atoms with Crippen LogP contribution in [-0.4, -0.2) is 22.5 Å². The molecule has 2 N–H and O–H groups in total. The highest BCUT2D eigenvalue weighted by molar-refractivity contribution is 5.30. The fraction of sp³-hybridized carbons (Fsp3) is 0.667. The highest BCUT2D eigenvalue weighted by Gasteiger charge is 2.20. The average Bonchev–Trinajstić information content (AvgIpc) is 2.52. The Labute approximate surface area is 77.7 Å². The van der Waals surface area contributed by atoms with Crippen molar-refractivity contribution in [2.75, 3.05) is 12.3 Å². The van der Waals surface area contributed by atoms with Gasteiger partial charge in [0, 0.05) is 12.8 Å². The first kappa shape index (κ1) is 8.56. The molecule has 0 radical (unpaired) electrons. The summed E-state index contributed by atoms with van der Waals surface area (Å²) in [5.41, 5.74) is 6.34. The first-order valence-electron chi connectivity index (χ1n) is 4.67. The van der Waals surface area contributed by atoms with Gasteiger partial charge in [0.25, 0.3) is 0 Å². The second-order valence-corrected chi connectivity index (χ2v) is 3.61. The molecule has 1 aromatic rings. The Morgan fingerprint density at radius 2 is 2.54 bits per heavy atom. The van der Waals surface area contributed by atoms with E-state index in [0.29, 0.717) is 12.1 Å². The van der Waals surface area contributed by atoms with Gasteiger partial charge in [-0.15, -0.1) is 0 Å². The van der Waals surface area contributed by atoms with E-state index in [2.05, 4.69) is 12.0 Å². The molecule has 2 atom stereocenters. The second-order valence-electron chi connectivity index (χ2n) is 3.61. The number of hydrogen-bond donors (Lipinski definition) is 1. The van der Waals surface area contributed by atoms with E-state index in [1.54, 1.807) is 6.20 Å². The molecule has 0 aromatic carbocycles. The SMILES string of the molecule is CC1CC(n2cc(N)cn2)CCO1. The van der Waals surface area contributed by atoms with Crippen LogP contribution in [0.25, 0.3) is 0 Å². The van der Waals surface area contributed by atoms with Gasteiger partial charge in [0.05, 0.1) is 24.0 Å². The topological polar surface area (TPSA) is 53.1 Å². The number of aromatic nitrogens is 2. The van der Waals surface area contributed by atoms with Crippen LogP contribution in [0.1, 0.15) is 25.8 Å². The molecule has 1 aliphatic heterocycles. The fourth-order valence-electron chi connectivity index (χ4n) is 1.77. The van der Waals surface area contributed by atoms with E-state index in [-0.39, 0.29) is 0 Å². The molecule has 1 saturated heterocycles. The normalized spacial score (nSPS) is 29.0. The van der Waals surface area contributed by atoms with E-state index >= 15 is 0 Å². The molecule has 13 heavy (non-hydrogen) atoms. The summed E-state index contributed by atoms with van der Waals surface area (Å²) in [6.45, 7) is 2.92. The van der Waals surface area contributed by atoms with Crippen molar-refractivity contribution < 1.29 is 4.74 Å². The Balaban J connectivity index is 2.08. The maximum absolute atomic E-state index is 5.61. The number of anilines is 1. The van der Waals surface area contributed by atoms with Crippen molar-refractivity contribution in [3.05, 3.63) is 12.4 Å². The Morgan fingerprint density at radius 3 is 3.15 bits per heavy atom. The van der Waals surface area contributed by atoms with Gasteiger partial charge in [-0.2, -0.15) is 5.10 Å². The molecule has 2 heterocycles. The summed E-state index contributed by atoms with van der Waals surface area (Å²) in [5.74, 6) is 0. The number of nitrogen functional groups attached to an aromatic ring is 1. The molecule has 72 valence electrons. The third kappa shape index (κ3) is 1.83. The smallest absolute Gasteiger partial charge is 0.0719 e. The van der Waals surface area contributed by atoms with Crippen LogP contribution < -0.4 is 5.73 Å². The van der Waals surface area contributed by atoms with Crippen molar-refractivity contribution in [3.8, 4) is 0 Å². The zero-order valence-electron chi connectivity index (χ0n) is 7.81. The van der Waals surface area contributed by atoms with E-state index in [4.69, 9.17) is 10.5 Å². The van der Waals surface area contributed by atoms with Crippen LogP contribution in [0, 0.1) is 0 Å². The second kappa shape index (κ2) is 3.38. The lowest BCUT2D eigenvalue weighted by Crippen LogP contribution is -2.25. The highest BCUT2D eigenvalue weighted by atomic mass is 16.5. The predicted molar refractivity (Wildman–Crippen MR) is 50.3 cm³/mol. The molecule has 0 bridgehead atoms. The third-order valence-corrected chi connectivity index (χ3v) is 2.45. The van der Waals surface area contributed by atoms with Gasteiger partial charge in [-0.1, -0.05) is 0 Å². The van der Waals surface area contributed by atoms with E-state index in [9.17, 15) is 0 Å². The van der Waals surface area contributed by atoms with Gasteiger partial charge in [-0.05, 0) is 19.8 Å². The molecule has 4 nitrogen and oxygen atoms in total. The summed E-state index contributed by atoms with van der Waals surface area (Å²) in [6, 6.07) is 0.459. The van der Waals surface area contributed by atoms with Crippen LogP contribution in [0.5, 0.6) is 0 Å². The van der Waals surface area contributed by atoms with Crippen molar-refractivity contribution in [1.82, 2.24) is 9.78 Å². The number of hydrogen-bond acceptors (Lipinski definition) is 3. The zero-order valence-corrected chi connectivity index (χ0v) is 7.81. The first-order chi connectivity index (χ1) is 6.25. The summed E-state index contributed by atoms with van der Waals surface area (Å²) < 4.78 is 7.42. The fourth-order valence-corrected chi connectivity index (χ4v) is 1.77. The maximum Gasteiger partial charge on any atom is 0.0719 e. The van der Waals surface area contributed by atoms with Crippen LogP contribution in [0.15, 0.2) is 12.4 Å². The number of nitrogens with zero attached hydrogens (tertiary/aromatic N) is 2. The van der Waals surface area contributed by atoms with Crippen LogP contribution in [0.3, 0.4) is 0 Å². The lowest BCUT2D eigenvalue weighted by atomic mass is 10.1. The molecule has 0 amide bonds. The van der Waals surface area contributed by atoms with Crippen molar-refractivity contribution in [1.29, 1.82) is 0 Å². The predicted octanol–water partition coefficient (Wildman–Crippen LogP) is 1.21. The van der Waals surface area contributed by atoms with Gasteiger partial charge in [-0.3, -0.25) is 4.68 Å². The standard InChI is InChI=1S/C9H15N3O/c1-7-4-9(2-3-13-7)12-6-8(10)5-11-12/h5-7,9H,2-4,10H2,1H3. The molecule has 1 aromatic heterocycles. The molecular formula is C9H15N3O. The van der Waals surface area contributed by atoms with Gasteiger partial charge in [0.1, 0.15) is 0 Å². The summed E-state index contributed by atoms with van der Waals surface area (Å²) in [6.07, 6.45) is 5.99. The Kier molecular flexibility index (Phi) is 2.22. The molecule has 1 fully saturated rings. The van der Waals surface area contributed by atoms with Crippen LogP contribution in [0.2, 0.25) is 0 Å². The molecule has 0 spiro atoms. The van der Waals surface area contributed by atoms with Crippen molar-refractivity contribution >= 4 is 5.69 Å². The summed E-state index contributed by atoms with van der Waals surface area (Å²) in [7, 11) is 0. The molecule has 0 saturated carbocycles. The number of rotatable bonds is 1. The minimum Gasteiger partial charge on any atom is -0.396 e. The first-order valence-corrected chi connectivity index (χ1v) is 4.67. The average molecular weight is 181 g/mol. The van der Waals surface area contributed by atoms with Gasteiger partial charge < -0.3 is 10.5 Å². The Bertz CT molecular complexity index is 284. The molecule has 2 unspecified atom stereocenters. The number of nitrogens with two attached hydrogens (primary N) is 1. The molecule has 0 aliphatic carbocycles. The quantitative estimate of drug-likeness (QED) is 0.708. The van der Waals surface area contributed by atoms with Crippen LogP contribution in [-0.2, 0) is 4.74 Å². The Hall–Kier alpha value is -1.03. The minimum atomic E-state index is 0.337. The highest BCUT2D eigenvalue weighted by Crippen LogP contribution is 2.24. The van der Waals surface area contributed by atoms with Crippen molar-refractivity contribution in [3.63, 3.8) is 0 Å². The lowest BCUT2D eigenvalue weighted by Gasteiger charge is -2.27. The molecule has 2 rings (SSSR count). The largest absolute Gasteiger partial charge is 0.396 e. The lowest BCUT2D eigenvalue weighted by molar-refractivity contribution is 0.00351. The molecular weight excluding hydrogens is 166 g/mol. The molecule has 4 heteroatoms. The van der Waals surface area contributed by atoms with Crippen LogP contribution in [0.4, 0.5) is 5.69 Å². The van der Waals surface area contributed by atoms with Crippen molar-refractivity contribution in [2.24, 2.45) is 0 Å². The van der Waals surface area contributed by atoms with Gasteiger partial charge in [0.15, 0.2) is 0 Å². The molecule has 1 aliphatic rings. The van der Waals surface area contributed by atoms with E-state index in [1.165, 1.54) is 0 Å². The maximum atomic E-state index is 5.61. The monoisotopic (exact) mass is 181 g/mol. The Morgan fingerprint density at radius 1 is 1.69 bits per heavy atom. The van der Waals surface area contributed by atoms with E-state index < -0.39 is 0 Å². The van der Waals surface area contributed by atoms with Crippen LogP contribution >= 0.6 is 0 Å². The summed E-state index contributed by atoms with van der Waals surface area (Å²) in [5, 5.41) is 4.21. The van der Waals surface area contributed by atoms with Gasteiger partial charge in [0.2, 0.25) is 0 Å².